The van der Waals surface area contributed by atoms with Gasteiger partial charge in [0, 0.05) is 4.91 Å². The fourth-order valence-electron chi connectivity index (χ4n) is 5.02. The van der Waals surface area contributed by atoms with Crippen LogP contribution in [0.3, 0.4) is 0 Å². The first kappa shape index (κ1) is 33.5. The number of ether oxygens (including phenoxy) is 7. The van der Waals surface area contributed by atoms with Gasteiger partial charge >= 0.3 is 5.97 Å². The van der Waals surface area contributed by atoms with Crippen LogP contribution in [0, 0.1) is 0 Å². The van der Waals surface area contributed by atoms with Crippen molar-refractivity contribution in [3.05, 3.63) is 94.9 Å². The molecule has 4 rings (SSSR count). The van der Waals surface area contributed by atoms with Crippen molar-refractivity contribution in [2.45, 2.75) is 74.6 Å². The Bertz CT molecular complexity index is 1230. The fraction of sp³-hybridized carbons (Fsp3) is 0.500. The van der Waals surface area contributed by atoms with Gasteiger partial charge in [-0.2, -0.15) is 0 Å². The molecule has 2 fully saturated rings. The quantitative estimate of drug-likeness (QED) is 0.0922. The molecule has 0 unspecified atom stereocenters. The van der Waals surface area contributed by atoms with Crippen molar-refractivity contribution in [2.75, 3.05) is 20.3 Å². The monoisotopic (exact) mass is 615 g/mol. The van der Waals surface area contributed by atoms with E-state index in [0.717, 1.165) is 18.2 Å². The Labute approximate surface area is 254 Å². The molecule has 10 atom stereocenters. The molecule has 0 aliphatic carbocycles. The standard InChI is InChI=1S/C30H37N3O11/c1-3-14-39-29-21(32-33-31)25(40-16-18-10-6-4-7-11-18)24(20(15-34)42-29)43-30-23(36)26(22(35)27(44-30)28(37)38-2)41-17-19-12-8-5-9-13-19/h3-13,20-27,29-30,34-36H,1,14-17H2,2H3/t20-,21-,22+,23-,24-,25-,26+,27-,29+,30-/m1/s1. The Morgan fingerprint density at radius 3 is 2.09 bits per heavy atom. The van der Waals surface area contributed by atoms with E-state index in [0.29, 0.717) is 0 Å². The molecule has 44 heavy (non-hydrogen) atoms. The molecule has 3 N–H and O–H groups in total. The first-order valence-electron chi connectivity index (χ1n) is 14.0. The van der Waals surface area contributed by atoms with Crippen molar-refractivity contribution in [1.29, 1.82) is 0 Å². The predicted molar refractivity (Wildman–Crippen MR) is 152 cm³/mol. The zero-order valence-corrected chi connectivity index (χ0v) is 24.1. The second-order valence-corrected chi connectivity index (χ2v) is 10.1. The van der Waals surface area contributed by atoms with Crippen LogP contribution in [0.4, 0.5) is 0 Å². The second-order valence-electron chi connectivity index (χ2n) is 10.1. The highest BCUT2D eigenvalue weighted by Gasteiger charge is 2.54. The van der Waals surface area contributed by atoms with Crippen LogP contribution in [-0.2, 0) is 51.2 Å². The number of benzene rings is 2. The number of esters is 1. The number of nitrogens with zero attached hydrogens (tertiary/aromatic N) is 3. The summed E-state index contributed by atoms with van der Waals surface area (Å²) in [6.07, 6.45) is -10.9. The van der Waals surface area contributed by atoms with Crippen molar-refractivity contribution in [1.82, 2.24) is 0 Å². The molecule has 238 valence electrons. The molecule has 0 amide bonds. The highest BCUT2D eigenvalue weighted by atomic mass is 16.7. The third-order valence-corrected chi connectivity index (χ3v) is 7.20. The van der Waals surface area contributed by atoms with E-state index in [-0.39, 0.29) is 19.8 Å². The van der Waals surface area contributed by atoms with E-state index < -0.39 is 73.9 Å². The first-order chi connectivity index (χ1) is 21.4. The second kappa shape index (κ2) is 16.6. The van der Waals surface area contributed by atoms with E-state index in [9.17, 15) is 25.6 Å². The summed E-state index contributed by atoms with van der Waals surface area (Å²) >= 11 is 0. The number of carbonyl (C=O) groups excluding carboxylic acids is 1. The molecule has 2 aromatic rings. The maximum atomic E-state index is 12.6. The molecule has 2 aliphatic rings. The molecule has 0 saturated carbocycles. The minimum absolute atomic E-state index is 0.00383. The van der Waals surface area contributed by atoms with E-state index in [2.05, 4.69) is 16.6 Å². The van der Waals surface area contributed by atoms with Gasteiger partial charge in [0.25, 0.3) is 0 Å². The zero-order chi connectivity index (χ0) is 31.5. The lowest BCUT2D eigenvalue weighted by Crippen LogP contribution is -2.65. The van der Waals surface area contributed by atoms with Gasteiger partial charge in [0.05, 0.1) is 33.5 Å². The topological polar surface area (TPSA) is 191 Å². The lowest BCUT2D eigenvalue weighted by molar-refractivity contribution is -0.349. The highest BCUT2D eigenvalue weighted by Crippen LogP contribution is 2.34. The van der Waals surface area contributed by atoms with Crippen molar-refractivity contribution < 1.29 is 53.3 Å². The van der Waals surface area contributed by atoms with Crippen LogP contribution in [0.2, 0.25) is 0 Å². The van der Waals surface area contributed by atoms with Gasteiger partial charge in [-0.15, -0.1) is 6.58 Å². The molecule has 0 spiro atoms. The summed E-state index contributed by atoms with van der Waals surface area (Å²) in [4.78, 5) is 15.5. The number of hydrogen-bond donors (Lipinski definition) is 3. The van der Waals surface area contributed by atoms with Gasteiger partial charge in [-0.25, -0.2) is 4.79 Å². The third kappa shape index (κ3) is 8.20. The summed E-state index contributed by atoms with van der Waals surface area (Å²) in [6.45, 7) is 3.12. The van der Waals surface area contributed by atoms with Crippen LogP contribution in [0.5, 0.6) is 0 Å². The summed E-state index contributed by atoms with van der Waals surface area (Å²) in [5.74, 6) is -0.924. The van der Waals surface area contributed by atoms with Crippen molar-refractivity contribution in [2.24, 2.45) is 5.11 Å². The average molecular weight is 616 g/mol. The maximum absolute atomic E-state index is 12.6. The minimum Gasteiger partial charge on any atom is -0.467 e. The Morgan fingerprint density at radius 2 is 1.55 bits per heavy atom. The van der Waals surface area contributed by atoms with E-state index in [1.165, 1.54) is 6.08 Å². The fourth-order valence-corrected chi connectivity index (χ4v) is 5.02. The van der Waals surface area contributed by atoms with Gasteiger partial charge in [0.15, 0.2) is 18.7 Å². The maximum Gasteiger partial charge on any atom is 0.337 e. The Balaban J connectivity index is 1.64. The molecule has 2 aliphatic heterocycles. The van der Waals surface area contributed by atoms with Gasteiger partial charge in [-0.1, -0.05) is 71.9 Å². The van der Waals surface area contributed by atoms with Crippen LogP contribution in [0.15, 0.2) is 78.4 Å². The Kier molecular flexibility index (Phi) is 12.6. The lowest BCUT2D eigenvalue weighted by atomic mass is 9.95. The molecular formula is C30H37N3O11. The largest absolute Gasteiger partial charge is 0.467 e. The van der Waals surface area contributed by atoms with Crippen molar-refractivity contribution >= 4 is 5.97 Å². The molecule has 0 bridgehead atoms. The number of azide groups is 1. The molecule has 2 heterocycles. The van der Waals surface area contributed by atoms with Gasteiger partial charge in [-0.3, -0.25) is 0 Å². The highest BCUT2D eigenvalue weighted by molar-refractivity contribution is 5.75. The van der Waals surface area contributed by atoms with Crippen LogP contribution >= 0.6 is 0 Å². The van der Waals surface area contributed by atoms with E-state index >= 15 is 0 Å². The first-order valence-corrected chi connectivity index (χ1v) is 14.0. The summed E-state index contributed by atoms with van der Waals surface area (Å²) in [6, 6.07) is 17.1. The van der Waals surface area contributed by atoms with Crippen molar-refractivity contribution in [3.8, 4) is 0 Å². The smallest absolute Gasteiger partial charge is 0.337 e. The number of aliphatic hydroxyl groups excluding tert-OH is 3. The normalized spacial score (nSPS) is 31.9. The Hall–Kier alpha value is -3.40. The zero-order valence-electron chi connectivity index (χ0n) is 24.1. The molecular weight excluding hydrogens is 578 g/mol. The predicted octanol–water partition coefficient (Wildman–Crippen LogP) is 1.76. The van der Waals surface area contributed by atoms with Crippen LogP contribution < -0.4 is 0 Å². The molecule has 0 radical (unpaired) electrons. The molecule has 2 saturated heterocycles. The summed E-state index contributed by atoms with van der Waals surface area (Å²) < 4.78 is 40.4. The number of hydrogen-bond acceptors (Lipinski definition) is 12. The van der Waals surface area contributed by atoms with Gasteiger partial charge < -0.3 is 48.5 Å². The minimum atomic E-state index is -1.63. The molecule has 14 nitrogen and oxygen atoms in total. The number of methoxy groups -OCH3 is 1. The SMILES string of the molecule is C=CCO[C@H]1O[C@H](CO)[C@@H](O[C@@H]2O[C@@H](C(=O)OC)[C@@H](O)[C@H](OCc3ccccc3)[C@H]2O)[C@H](OCc2ccccc2)[C@H]1N=[N+]=[N-]. The summed E-state index contributed by atoms with van der Waals surface area (Å²) in [7, 11) is 1.12. The van der Waals surface area contributed by atoms with E-state index in [4.69, 9.17) is 33.2 Å². The Morgan fingerprint density at radius 1 is 0.932 bits per heavy atom. The van der Waals surface area contributed by atoms with Crippen LogP contribution in [-0.4, -0.2) is 103 Å². The van der Waals surface area contributed by atoms with Gasteiger partial charge in [0.1, 0.15) is 42.7 Å². The molecule has 2 aromatic carbocycles. The molecule has 14 heteroatoms. The number of carbonyl (C=O) groups is 1. The third-order valence-electron chi connectivity index (χ3n) is 7.20. The van der Waals surface area contributed by atoms with Gasteiger partial charge in [0.2, 0.25) is 0 Å². The number of aliphatic hydroxyl groups is 3. The van der Waals surface area contributed by atoms with Crippen LogP contribution in [0.25, 0.3) is 10.4 Å². The van der Waals surface area contributed by atoms with Crippen LogP contribution in [0.1, 0.15) is 11.1 Å². The van der Waals surface area contributed by atoms with E-state index in [1.807, 2.05) is 36.4 Å². The number of rotatable bonds is 14. The average Bonchev–Trinajstić information content (AvgIpc) is 3.05. The van der Waals surface area contributed by atoms with Crippen molar-refractivity contribution in [3.63, 3.8) is 0 Å². The summed E-state index contributed by atoms with van der Waals surface area (Å²) in [5.41, 5.74) is 10.9. The van der Waals surface area contributed by atoms with E-state index in [1.54, 1.807) is 24.3 Å². The summed E-state index contributed by atoms with van der Waals surface area (Å²) in [5, 5.41) is 36.5. The molecule has 0 aromatic heterocycles. The van der Waals surface area contributed by atoms with Gasteiger partial charge in [-0.05, 0) is 16.7 Å². The lowest BCUT2D eigenvalue weighted by Gasteiger charge is -2.47.